The lowest BCUT2D eigenvalue weighted by molar-refractivity contribution is 0.0703. The average molecular weight is 481 g/mol. The molecule has 0 unspecified atom stereocenters. The highest BCUT2D eigenvalue weighted by atomic mass is 16.5. The standard InChI is InChI=1S/C29H28N4O3/c1-19-7-13-24(14-8-19)30-27(34)22-11-9-21(10-12-22)26-31-28(36-32-26)23-15-17-33(18-16-23)29(35)25-6-4-3-5-20(25)2/h3-14,23H,15-18H2,1-2H3,(H,30,34). The molecule has 0 saturated carbocycles. The lowest BCUT2D eigenvalue weighted by atomic mass is 9.96. The van der Waals surface area contributed by atoms with Crippen LogP contribution in [0.5, 0.6) is 0 Å². The fourth-order valence-corrected chi connectivity index (χ4v) is 4.44. The zero-order chi connectivity index (χ0) is 25.1. The van der Waals surface area contributed by atoms with Crippen LogP contribution in [0, 0.1) is 13.8 Å². The molecule has 0 aliphatic carbocycles. The first-order valence-electron chi connectivity index (χ1n) is 12.1. The van der Waals surface area contributed by atoms with E-state index in [4.69, 9.17) is 4.52 Å². The van der Waals surface area contributed by atoms with Gasteiger partial charge in [-0.1, -0.05) is 53.2 Å². The Balaban J connectivity index is 1.19. The predicted molar refractivity (Wildman–Crippen MR) is 138 cm³/mol. The minimum Gasteiger partial charge on any atom is -0.339 e. The Bertz CT molecular complexity index is 1370. The molecule has 4 aromatic rings. The highest BCUT2D eigenvalue weighted by Crippen LogP contribution is 2.29. The van der Waals surface area contributed by atoms with Crippen LogP contribution in [0.15, 0.2) is 77.3 Å². The topological polar surface area (TPSA) is 88.3 Å². The van der Waals surface area contributed by atoms with Gasteiger partial charge in [0.1, 0.15) is 0 Å². The van der Waals surface area contributed by atoms with Crippen molar-refractivity contribution in [3.8, 4) is 11.4 Å². The monoisotopic (exact) mass is 480 g/mol. The lowest BCUT2D eigenvalue weighted by Crippen LogP contribution is -2.38. The highest BCUT2D eigenvalue weighted by molar-refractivity contribution is 6.04. The summed E-state index contributed by atoms with van der Waals surface area (Å²) in [5, 5.41) is 7.06. The predicted octanol–water partition coefficient (Wildman–Crippen LogP) is 5.63. The Morgan fingerprint density at radius 2 is 1.61 bits per heavy atom. The van der Waals surface area contributed by atoms with E-state index in [1.54, 1.807) is 12.1 Å². The number of hydrogen-bond donors (Lipinski definition) is 1. The van der Waals surface area contributed by atoms with E-state index in [9.17, 15) is 9.59 Å². The van der Waals surface area contributed by atoms with Crippen LogP contribution in [0.1, 0.15) is 56.5 Å². The molecule has 2 amide bonds. The number of nitrogens with one attached hydrogen (secondary N) is 1. The number of aryl methyl sites for hydroxylation is 2. The molecule has 1 N–H and O–H groups in total. The molecule has 1 saturated heterocycles. The summed E-state index contributed by atoms with van der Waals surface area (Å²) in [7, 11) is 0. The summed E-state index contributed by atoms with van der Waals surface area (Å²) in [6.07, 6.45) is 1.55. The van der Waals surface area contributed by atoms with E-state index in [2.05, 4.69) is 15.5 Å². The van der Waals surface area contributed by atoms with E-state index in [-0.39, 0.29) is 17.7 Å². The molecule has 182 valence electrons. The van der Waals surface area contributed by atoms with Gasteiger partial charge in [0.2, 0.25) is 11.7 Å². The van der Waals surface area contributed by atoms with E-state index in [0.29, 0.717) is 30.4 Å². The van der Waals surface area contributed by atoms with Crippen LogP contribution in [0.3, 0.4) is 0 Å². The fraction of sp³-hybridized carbons (Fsp3) is 0.241. The van der Waals surface area contributed by atoms with E-state index in [1.807, 2.05) is 79.4 Å². The van der Waals surface area contributed by atoms with Crippen molar-refractivity contribution in [2.45, 2.75) is 32.6 Å². The molecule has 3 aromatic carbocycles. The van der Waals surface area contributed by atoms with Crippen LogP contribution in [0.4, 0.5) is 5.69 Å². The summed E-state index contributed by atoms with van der Waals surface area (Å²) >= 11 is 0. The summed E-state index contributed by atoms with van der Waals surface area (Å²) < 4.78 is 5.58. The van der Waals surface area contributed by atoms with Gasteiger partial charge in [-0.25, -0.2) is 0 Å². The third-order valence-electron chi connectivity index (χ3n) is 6.66. The molecule has 7 nitrogen and oxygen atoms in total. The molecule has 1 aromatic heterocycles. The van der Waals surface area contributed by atoms with Crippen molar-refractivity contribution in [1.82, 2.24) is 15.0 Å². The highest BCUT2D eigenvalue weighted by Gasteiger charge is 2.28. The number of amides is 2. The smallest absolute Gasteiger partial charge is 0.255 e. The van der Waals surface area contributed by atoms with Crippen molar-refractivity contribution in [3.05, 3.63) is 101 Å². The Hall–Kier alpha value is -4.26. The van der Waals surface area contributed by atoms with Crippen molar-refractivity contribution in [2.75, 3.05) is 18.4 Å². The van der Waals surface area contributed by atoms with Crippen molar-refractivity contribution in [3.63, 3.8) is 0 Å². The second kappa shape index (κ2) is 10.2. The second-order valence-electron chi connectivity index (χ2n) is 9.24. The molecule has 2 heterocycles. The number of aromatic nitrogens is 2. The van der Waals surface area contributed by atoms with Crippen molar-refractivity contribution in [2.24, 2.45) is 0 Å². The number of nitrogens with zero attached hydrogens (tertiary/aromatic N) is 3. The van der Waals surface area contributed by atoms with Crippen LogP contribution in [-0.4, -0.2) is 39.9 Å². The molecule has 5 rings (SSSR count). The van der Waals surface area contributed by atoms with Gasteiger partial charge in [0.05, 0.1) is 0 Å². The molecule has 1 fully saturated rings. The van der Waals surface area contributed by atoms with Gasteiger partial charge in [-0.05, 0) is 62.6 Å². The van der Waals surface area contributed by atoms with E-state index >= 15 is 0 Å². The molecule has 1 aliphatic rings. The first-order chi connectivity index (χ1) is 17.5. The Morgan fingerprint density at radius 1 is 0.917 bits per heavy atom. The third kappa shape index (κ3) is 5.05. The van der Waals surface area contributed by atoms with Gasteiger partial charge in [-0.3, -0.25) is 9.59 Å². The molecule has 0 atom stereocenters. The number of piperidine rings is 1. The van der Waals surface area contributed by atoms with Crippen LogP contribution in [0.2, 0.25) is 0 Å². The zero-order valence-electron chi connectivity index (χ0n) is 20.4. The van der Waals surface area contributed by atoms with Gasteiger partial charge < -0.3 is 14.7 Å². The number of benzene rings is 3. The Labute approximate surface area is 210 Å². The average Bonchev–Trinajstić information content (AvgIpc) is 3.40. The Morgan fingerprint density at radius 3 is 2.31 bits per heavy atom. The summed E-state index contributed by atoms with van der Waals surface area (Å²) in [6.45, 7) is 5.27. The summed E-state index contributed by atoms with van der Waals surface area (Å²) in [6, 6.07) is 22.5. The number of carbonyl (C=O) groups excluding carboxylic acids is 2. The van der Waals surface area contributed by atoms with Gasteiger partial charge in [-0.2, -0.15) is 4.98 Å². The third-order valence-corrected chi connectivity index (χ3v) is 6.66. The lowest BCUT2D eigenvalue weighted by Gasteiger charge is -2.30. The summed E-state index contributed by atoms with van der Waals surface area (Å²) in [5.41, 5.74) is 4.97. The maximum atomic E-state index is 12.9. The number of likely N-dealkylation sites (tertiary alicyclic amines) is 1. The van der Waals surface area contributed by atoms with Gasteiger partial charge >= 0.3 is 0 Å². The van der Waals surface area contributed by atoms with Crippen LogP contribution < -0.4 is 5.32 Å². The molecule has 0 bridgehead atoms. The maximum Gasteiger partial charge on any atom is 0.255 e. The van der Waals surface area contributed by atoms with Gasteiger partial charge in [-0.15, -0.1) is 0 Å². The van der Waals surface area contributed by atoms with Crippen molar-refractivity contribution in [1.29, 1.82) is 0 Å². The largest absolute Gasteiger partial charge is 0.339 e. The molecule has 1 aliphatic heterocycles. The SMILES string of the molecule is Cc1ccc(NC(=O)c2ccc(-c3noc(C4CCN(C(=O)c5ccccc5C)CC4)n3)cc2)cc1. The fourth-order valence-electron chi connectivity index (χ4n) is 4.44. The number of rotatable bonds is 5. The van der Waals surface area contributed by atoms with E-state index in [0.717, 1.165) is 40.8 Å². The number of hydrogen-bond acceptors (Lipinski definition) is 5. The molecular formula is C29H28N4O3. The maximum absolute atomic E-state index is 12.9. The quantitative estimate of drug-likeness (QED) is 0.400. The van der Waals surface area contributed by atoms with Crippen LogP contribution in [0.25, 0.3) is 11.4 Å². The Kier molecular flexibility index (Phi) is 6.62. The second-order valence-corrected chi connectivity index (χ2v) is 9.24. The normalized spacial score (nSPS) is 14.0. The number of anilines is 1. The van der Waals surface area contributed by atoms with Gasteiger partial charge in [0.25, 0.3) is 11.8 Å². The van der Waals surface area contributed by atoms with Crippen molar-refractivity contribution < 1.29 is 14.1 Å². The molecule has 36 heavy (non-hydrogen) atoms. The van der Waals surface area contributed by atoms with Gasteiger partial charge in [0.15, 0.2) is 0 Å². The van der Waals surface area contributed by atoms with Crippen LogP contribution in [-0.2, 0) is 0 Å². The molecule has 0 radical (unpaired) electrons. The molecular weight excluding hydrogens is 452 g/mol. The molecule has 7 heteroatoms. The summed E-state index contributed by atoms with van der Waals surface area (Å²) in [5.74, 6) is 1.10. The number of carbonyl (C=O) groups is 2. The van der Waals surface area contributed by atoms with Crippen molar-refractivity contribution >= 4 is 17.5 Å². The zero-order valence-corrected chi connectivity index (χ0v) is 20.4. The van der Waals surface area contributed by atoms with Gasteiger partial charge in [0, 0.05) is 41.4 Å². The summed E-state index contributed by atoms with van der Waals surface area (Å²) in [4.78, 5) is 32.0. The first kappa shape index (κ1) is 23.5. The van der Waals surface area contributed by atoms with E-state index < -0.39 is 0 Å². The first-order valence-corrected chi connectivity index (χ1v) is 12.1. The minimum absolute atomic E-state index is 0.0734. The minimum atomic E-state index is -0.175. The van der Waals surface area contributed by atoms with Crippen LogP contribution >= 0.6 is 0 Å². The van der Waals surface area contributed by atoms with E-state index in [1.165, 1.54) is 0 Å². The molecule has 0 spiro atoms.